The van der Waals surface area contributed by atoms with Crippen LogP contribution in [0.1, 0.15) is 12.0 Å². The van der Waals surface area contributed by atoms with Gasteiger partial charge in [-0.1, -0.05) is 0 Å². The van der Waals surface area contributed by atoms with E-state index < -0.39 is 0 Å². The minimum Gasteiger partial charge on any atom is -0.493 e. The fraction of sp³-hybridized carbons (Fsp3) is 0.385. The zero-order valence-electron chi connectivity index (χ0n) is 11.0. The van der Waals surface area contributed by atoms with E-state index in [9.17, 15) is 4.79 Å². The number of amides is 1. The van der Waals surface area contributed by atoms with Gasteiger partial charge >= 0.3 is 0 Å². The van der Waals surface area contributed by atoms with Gasteiger partial charge in [-0.05, 0) is 18.6 Å². The Morgan fingerprint density at radius 2 is 1.89 bits per heavy atom. The standard InChI is InChI=1S/C13H16N2O3/c1-9-7-11(17-3)12(18-4)8-10(9)15(2)13(16)5-6-14/h7-8H,5H2,1-4H3. The second-order valence-corrected chi connectivity index (χ2v) is 3.78. The highest BCUT2D eigenvalue weighted by atomic mass is 16.5. The highest BCUT2D eigenvalue weighted by Crippen LogP contribution is 2.34. The van der Waals surface area contributed by atoms with Crippen molar-refractivity contribution in [2.75, 3.05) is 26.2 Å². The average Bonchev–Trinajstić information content (AvgIpc) is 2.37. The molecule has 1 aromatic rings. The van der Waals surface area contributed by atoms with Gasteiger partial charge in [-0.2, -0.15) is 5.26 Å². The molecule has 0 aliphatic heterocycles. The molecule has 0 atom stereocenters. The lowest BCUT2D eigenvalue weighted by Crippen LogP contribution is -2.26. The number of hydrogen-bond acceptors (Lipinski definition) is 4. The number of ether oxygens (including phenoxy) is 2. The van der Waals surface area contributed by atoms with Gasteiger partial charge in [0, 0.05) is 13.1 Å². The zero-order valence-corrected chi connectivity index (χ0v) is 11.0. The first-order valence-electron chi connectivity index (χ1n) is 5.41. The lowest BCUT2D eigenvalue weighted by atomic mass is 10.1. The van der Waals surface area contributed by atoms with Crippen LogP contribution in [-0.4, -0.2) is 27.2 Å². The minimum absolute atomic E-state index is 0.149. The summed E-state index contributed by atoms with van der Waals surface area (Å²) in [4.78, 5) is 13.1. The molecule has 96 valence electrons. The van der Waals surface area contributed by atoms with E-state index >= 15 is 0 Å². The van der Waals surface area contributed by atoms with E-state index in [1.807, 2.05) is 13.0 Å². The Hall–Kier alpha value is -2.22. The highest BCUT2D eigenvalue weighted by molar-refractivity contribution is 5.95. The van der Waals surface area contributed by atoms with E-state index in [2.05, 4.69) is 0 Å². The van der Waals surface area contributed by atoms with E-state index in [1.54, 1.807) is 26.3 Å². The van der Waals surface area contributed by atoms with Gasteiger partial charge in [-0.15, -0.1) is 0 Å². The van der Waals surface area contributed by atoms with Gasteiger partial charge in [-0.25, -0.2) is 0 Å². The molecule has 18 heavy (non-hydrogen) atoms. The lowest BCUT2D eigenvalue weighted by molar-refractivity contribution is -0.117. The maximum Gasteiger partial charge on any atom is 0.240 e. The smallest absolute Gasteiger partial charge is 0.240 e. The Bertz CT molecular complexity index is 492. The summed E-state index contributed by atoms with van der Waals surface area (Å²) >= 11 is 0. The normalized spacial score (nSPS) is 9.50. The Morgan fingerprint density at radius 3 is 2.39 bits per heavy atom. The van der Waals surface area contributed by atoms with Crippen molar-refractivity contribution in [1.82, 2.24) is 0 Å². The summed E-state index contributed by atoms with van der Waals surface area (Å²) in [7, 11) is 4.73. The number of hydrogen-bond donors (Lipinski definition) is 0. The molecule has 5 nitrogen and oxygen atoms in total. The molecule has 0 aliphatic carbocycles. The Labute approximate surface area is 107 Å². The van der Waals surface area contributed by atoms with Crippen molar-refractivity contribution >= 4 is 11.6 Å². The van der Waals surface area contributed by atoms with Crippen molar-refractivity contribution in [2.24, 2.45) is 0 Å². The molecule has 0 fully saturated rings. The molecular weight excluding hydrogens is 232 g/mol. The Balaban J connectivity index is 3.17. The van der Waals surface area contributed by atoms with Gasteiger partial charge in [0.15, 0.2) is 11.5 Å². The van der Waals surface area contributed by atoms with Crippen LogP contribution in [0.4, 0.5) is 5.69 Å². The summed E-state index contributed by atoms with van der Waals surface area (Å²) in [6.07, 6.45) is -0.149. The van der Waals surface area contributed by atoms with Crippen LogP contribution in [0.5, 0.6) is 11.5 Å². The van der Waals surface area contributed by atoms with Gasteiger partial charge in [0.1, 0.15) is 6.42 Å². The summed E-state index contributed by atoms with van der Waals surface area (Å²) < 4.78 is 10.4. The third kappa shape index (κ3) is 2.72. The van der Waals surface area contributed by atoms with Crippen LogP contribution in [-0.2, 0) is 4.79 Å². The molecule has 5 heteroatoms. The Kier molecular flexibility index (Phi) is 4.55. The predicted molar refractivity (Wildman–Crippen MR) is 67.9 cm³/mol. The van der Waals surface area contributed by atoms with Crippen molar-refractivity contribution in [1.29, 1.82) is 5.26 Å². The molecule has 1 amide bonds. The second kappa shape index (κ2) is 5.92. The fourth-order valence-electron chi connectivity index (χ4n) is 1.65. The van der Waals surface area contributed by atoms with Crippen LogP contribution in [0.3, 0.4) is 0 Å². The number of aryl methyl sites for hydroxylation is 1. The SMILES string of the molecule is COc1cc(C)c(N(C)C(=O)CC#N)cc1OC. The van der Waals surface area contributed by atoms with E-state index in [4.69, 9.17) is 14.7 Å². The number of nitriles is 1. The molecule has 1 aromatic carbocycles. The molecule has 0 radical (unpaired) electrons. The molecular formula is C13H16N2O3. The van der Waals surface area contributed by atoms with Crippen LogP contribution < -0.4 is 14.4 Å². The average molecular weight is 248 g/mol. The van der Waals surface area contributed by atoms with Gasteiger partial charge < -0.3 is 14.4 Å². The van der Waals surface area contributed by atoms with Crippen molar-refractivity contribution in [3.63, 3.8) is 0 Å². The number of nitrogens with zero attached hydrogens (tertiary/aromatic N) is 2. The molecule has 0 bridgehead atoms. The number of anilines is 1. The lowest BCUT2D eigenvalue weighted by Gasteiger charge is -2.20. The van der Waals surface area contributed by atoms with Gasteiger partial charge in [0.2, 0.25) is 5.91 Å². The zero-order chi connectivity index (χ0) is 13.7. The summed E-state index contributed by atoms with van der Waals surface area (Å²) in [6.45, 7) is 1.87. The predicted octanol–water partition coefficient (Wildman–Crippen LogP) is 1.89. The monoisotopic (exact) mass is 248 g/mol. The topological polar surface area (TPSA) is 62.6 Å². The van der Waals surface area contributed by atoms with E-state index in [-0.39, 0.29) is 12.3 Å². The minimum atomic E-state index is -0.257. The molecule has 0 saturated heterocycles. The maximum atomic E-state index is 11.7. The van der Waals surface area contributed by atoms with E-state index in [0.29, 0.717) is 17.2 Å². The van der Waals surface area contributed by atoms with Crippen molar-refractivity contribution in [3.05, 3.63) is 17.7 Å². The number of benzene rings is 1. The fourth-order valence-corrected chi connectivity index (χ4v) is 1.65. The molecule has 0 saturated carbocycles. The molecule has 0 spiro atoms. The largest absolute Gasteiger partial charge is 0.493 e. The first kappa shape index (κ1) is 13.8. The molecule has 0 N–H and O–H groups in total. The van der Waals surface area contributed by atoms with Crippen molar-refractivity contribution < 1.29 is 14.3 Å². The van der Waals surface area contributed by atoms with Crippen molar-refractivity contribution in [2.45, 2.75) is 13.3 Å². The van der Waals surface area contributed by atoms with Crippen LogP contribution in [0.2, 0.25) is 0 Å². The van der Waals surface area contributed by atoms with E-state index in [1.165, 1.54) is 12.0 Å². The highest BCUT2D eigenvalue weighted by Gasteiger charge is 2.16. The number of carbonyl (C=O) groups excluding carboxylic acids is 1. The number of rotatable bonds is 4. The summed E-state index contributed by atoms with van der Waals surface area (Å²) in [5.74, 6) is 0.905. The Morgan fingerprint density at radius 1 is 1.33 bits per heavy atom. The maximum absolute atomic E-state index is 11.7. The molecule has 0 aliphatic rings. The van der Waals surface area contributed by atoms with Crippen LogP contribution in [0.15, 0.2) is 12.1 Å². The number of methoxy groups -OCH3 is 2. The third-order valence-corrected chi connectivity index (χ3v) is 2.67. The van der Waals surface area contributed by atoms with Crippen LogP contribution in [0, 0.1) is 18.3 Å². The van der Waals surface area contributed by atoms with E-state index in [0.717, 1.165) is 5.56 Å². The van der Waals surface area contributed by atoms with Gasteiger partial charge in [-0.3, -0.25) is 4.79 Å². The summed E-state index contributed by atoms with van der Waals surface area (Å²) in [5, 5.41) is 8.54. The molecule has 1 rings (SSSR count). The number of carbonyl (C=O) groups is 1. The first-order valence-corrected chi connectivity index (χ1v) is 5.41. The second-order valence-electron chi connectivity index (χ2n) is 3.78. The first-order chi connectivity index (χ1) is 8.54. The summed E-state index contributed by atoms with van der Waals surface area (Å²) in [6, 6.07) is 5.36. The van der Waals surface area contributed by atoms with Crippen molar-refractivity contribution in [3.8, 4) is 17.6 Å². The van der Waals surface area contributed by atoms with Crippen LogP contribution >= 0.6 is 0 Å². The van der Waals surface area contributed by atoms with Crippen LogP contribution in [0.25, 0.3) is 0 Å². The third-order valence-electron chi connectivity index (χ3n) is 2.67. The molecule has 0 heterocycles. The van der Waals surface area contributed by atoms with Gasteiger partial charge in [0.05, 0.1) is 26.0 Å². The quantitative estimate of drug-likeness (QED) is 0.816. The molecule has 0 unspecified atom stereocenters. The molecule has 0 aromatic heterocycles. The summed E-state index contributed by atoms with van der Waals surface area (Å²) in [5.41, 5.74) is 1.58. The van der Waals surface area contributed by atoms with Gasteiger partial charge in [0.25, 0.3) is 0 Å².